The first-order valence-electron chi connectivity index (χ1n) is 8.33. The van der Waals surface area contributed by atoms with Crippen molar-refractivity contribution in [3.8, 4) is 0 Å². The summed E-state index contributed by atoms with van der Waals surface area (Å²) in [5.74, 6) is -0.806. The van der Waals surface area contributed by atoms with Crippen LogP contribution in [0, 0.1) is 0 Å². The Morgan fingerprint density at radius 3 is 2.57 bits per heavy atom. The van der Waals surface area contributed by atoms with Gasteiger partial charge in [0.1, 0.15) is 11.6 Å². The SMILES string of the molecule is O=C(Cn1cc(C(F)(F)F)cc(Cl)c1=O)Nc1ccccc1N1CCCC1=O. The number of halogens is 4. The van der Waals surface area contributed by atoms with Crippen molar-refractivity contribution in [1.29, 1.82) is 0 Å². The zero-order valence-corrected chi connectivity index (χ0v) is 15.2. The van der Waals surface area contributed by atoms with Crippen molar-refractivity contribution < 1.29 is 22.8 Å². The van der Waals surface area contributed by atoms with Gasteiger partial charge in [0.05, 0.1) is 16.9 Å². The normalized spacial score (nSPS) is 14.4. The first kappa shape index (κ1) is 19.9. The van der Waals surface area contributed by atoms with E-state index in [-0.39, 0.29) is 5.91 Å². The number of rotatable bonds is 4. The maximum Gasteiger partial charge on any atom is 0.417 e. The van der Waals surface area contributed by atoms with E-state index in [4.69, 9.17) is 11.6 Å². The molecule has 0 spiro atoms. The highest BCUT2D eigenvalue weighted by molar-refractivity contribution is 6.30. The molecule has 1 aromatic carbocycles. The number of amides is 2. The number of carbonyl (C=O) groups excluding carboxylic acids is 2. The van der Waals surface area contributed by atoms with Crippen LogP contribution in [-0.2, 0) is 22.3 Å². The number of nitrogens with one attached hydrogen (secondary N) is 1. The van der Waals surface area contributed by atoms with Gasteiger partial charge in [-0.3, -0.25) is 14.4 Å². The molecule has 2 aromatic rings. The van der Waals surface area contributed by atoms with Crippen LogP contribution in [0.1, 0.15) is 18.4 Å². The smallest absolute Gasteiger partial charge is 0.323 e. The van der Waals surface area contributed by atoms with Crippen molar-refractivity contribution in [2.75, 3.05) is 16.8 Å². The van der Waals surface area contributed by atoms with Crippen LogP contribution in [0.15, 0.2) is 41.3 Å². The Morgan fingerprint density at radius 2 is 1.93 bits per heavy atom. The number of carbonyl (C=O) groups is 2. The van der Waals surface area contributed by atoms with E-state index in [1.165, 1.54) is 4.90 Å². The summed E-state index contributed by atoms with van der Waals surface area (Å²) >= 11 is 5.59. The van der Waals surface area contributed by atoms with Gasteiger partial charge in [0.25, 0.3) is 5.56 Å². The van der Waals surface area contributed by atoms with Gasteiger partial charge in [0.2, 0.25) is 11.8 Å². The molecular weight excluding hydrogens is 399 g/mol. The molecular formula is C18H15ClF3N3O3. The van der Waals surface area contributed by atoms with Crippen molar-refractivity contribution in [2.45, 2.75) is 25.6 Å². The Kier molecular flexibility index (Phi) is 5.46. The first-order chi connectivity index (χ1) is 13.2. The van der Waals surface area contributed by atoms with Crippen molar-refractivity contribution in [3.05, 3.63) is 57.5 Å². The Labute approximate surface area is 162 Å². The summed E-state index contributed by atoms with van der Waals surface area (Å²) in [4.78, 5) is 37.8. The quantitative estimate of drug-likeness (QED) is 0.836. The number of hydrogen-bond acceptors (Lipinski definition) is 3. The van der Waals surface area contributed by atoms with Crippen molar-refractivity contribution in [1.82, 2.24) is 4.57 Å². The van der Waals surface area contributed by atoms with E-state index in [0.717, 1.165) is 0 Å². The monoisotopic (exact) mass is 413 g/mol. The summed E-state index contributed by atoms with van der Waals surface area (Å²) in [6.45, 7) is -0.154. The van der Waals surface area contributed by atoms with Gasteiger partial charge in [-0.05, 0) is 24.6 Å². The molecule has 0 atom stereocenters. The average molecular weight is 414 g/mol. The highest BCUT2D eigenvalue weighted by Crippen LogP contribution is 2.30. The lowest BCUT2D eigenvalue weighted by Crippen LogP contribution is -2.30. The predicted molar refractivity (Wildman–Crippen MR) is 97.4 cm³/mol. The van der Waals surface area contributed by atoms with Gasteiger partial charge in [0, 0.05) is 19.2 Å². The van der Waals surface area contributed by atoms with Crippen LogP contribution in [-0.4, -0.2) is 22.9 Å². The van der Waals surface area contributed by atoms with Gasteiger partial charge in [0.15, 0.2) is 0 Å². The standard InChI is InChI=1S/C18H15ClF3N3O3/c19-12-8-11(18(20,21)22)9-24(17(12)28)10-15(26)23-13-4-1-2-5-14(13)25-7-3-6-16(25)27/h1-2,4-5,8-9H,3,6-7,10H2,(H,23,26). The fraction of sp³-hybridized carbons (Fsp3) is 0.278. The van der Waals surface area contributed by atoms with E-state index in [1.807, 2.05) is 0 Å². The highest BCUT2D eigenvalue weighted by atomic mass is 35.5. The van der Waals surface area contributed by atoms with E-state index in [1.54, 1.807) is 24.3 Å². The molecule has 0 aliphatic carbocycles. The Balaban J connectivity index is 1.84. The molecule has 1 fully saturated rings. The lowest BCUT2D eigenvalue weighted by atomic mass is 10.2. The van der Waals surface area contributed by atoms with Crippen LogP contribution < -0.4 is 15.8 Å². The van der Waals surface area contributed by atoms with Crippen LogP contribution in [0.25, 0.3) is 0 Å². The molecule has 3 rings (SSSR count). The molecule has 0 saturated carbocycles. The lowest BCUT2D eigenvalue weighted by molar-refractivity contribution is -0.138. The highest BCUT2D eigenvalue weighted by Gasteiger charge is 2.32. The fourth-order valence-corrected chi connectivity index (χ4v) is 3.16. The number of pyridine rings is 1. The minimum Gasteiger partial charge on any atom is -0.323 e. The maximum atomic E-state index is 12.9. The molecule has 1 aromatic heterocycles. The summed E-state index contributed by atoms with van der Waals surface area (Å²) in [7, 11) is 0. The molecule has 1 aliphatic heterocycles. The first-order valence-corrected chi connectivity index (χ1v) is 8.71. The molecule has 1 N–H and O–H groups in total. The molecule has 148 valence electrons. The van der Waals surface area contributed by atoms with Crippen molar-refractivity contribution in [2.24, 2.45) is 0 Å². The number of nitrogens with zero attached hydrogens (tertiary/aromatic N) is 2. The fourth-order valence-electron chi connectivity index (χ4n) is 2.93. The summed E-state index contributed by atoms with van der Waals surface area (Å²) in [6, 6.07) is 7.10. The topological polar surface area (TPSA) is 71.4 Å². The molecule has 1 saturated heterocycles. The van der Waals surface area contributed by atoms with E-state index in [9.17, 15) is 27.6 Å². The lowest BCUT2D eigenvalue weighted by Gasteiger charge is -2.20. The minimum atomic E-state index is -4.71. The Bertz CT molecular complexity index is 988. The molecule has 2 heterocycles. The summed E-state index contributed by atoms with van der Waals surface area (Å²) < 4.78 is 39.3. The van der Waals surface area contributed by atoms with Crippen LogP contribution in [0.5, 0.6) is 0 Å². The number of alkyl halides is 3. The van der Waals surface area contributed by atoms with Crippen LogP contribution in [0.2, 0.25) is 5.02 Å². The molecule has 0 radical (unpaired) electrons. The van der Waals surface area contributed by atoms with E-state index in [0.29, 0.717) is 47.6 Å². The Morgan fingerprint density at radius 1 is 1.21 bits per heavy atom. The van der Waals surface area contributed by atoms with Crippen LogP contribution in [0.3, 0.4) is 0 Å². The third kappa shape index (κ3) is 4.19. The van der Waals surface area contributed by atoms with Crippen molar-refractivity contribution >= 4 is 34.8 Å². The zero-order valence-electron chi connectivity index (χ0n) is 14.4. The van der Waals surface area contributed by atoms with E-state index in [2.05, 4.69) is 5.32 Å². The second-order valence-electron chi connectivity index (χ2n) is 6.22. The summed E-state index contributed by atoms with van der Waals surface area (Å²) in [5, 5.41) is 1.91. The van der Waals surface area contributed by atoms with Gasteiger partial charge in [-0.15, -0.1) is 0 Å². The molecule has 0 bridgehead atoms. The number of aromatic nitrogens is 1. The van der Waals surface area contributed by atoms with Gasteiger partial charge in [-0.25, -0.2) is 0 Å². The number of benzene rings is 1. The van der Waals surface area contributed by atoms with E-state index >= 15 is 0 Å². The van der Waals surface area contributed by atoms with Gasteiger partial charge >= 0.3 is 6.18 Å². The summed E-state index contributed by atoms with van der Waals surface area (Å²) in [5.41, 5.74) is -1.22. The second kappa shape index (κ2) is 7.67. The zero-order chi connectivity index (χ0) is 20.5. The minimum absolute atomic E-state index is 0.0809. The molecule has 0 unspecified atom stereocenters. The molecule has 2 amide bonds. The van der Waals surface area contributed by atoms with Crippen LogP contribution >= 0.6 is 11.6 Å². The average Bonchev–Trinajstić information content (AvgIpc) is 3.04. The molecule has 1 aliphatic rings. The molecule has 28 heavy (non-hydrogen) atoms. The second-order valence-corrected chi connectivity index (χ2v) is 6.63. The van der Waals surface area contributed by atoms with Gasteiger partial charge in [-0.1, -0.05) is 23.7 Å². The Hall–Kier alpha value is -2.81. The van der Waals surface area contributed by atoms with Gasteiger partial charge < -0.3 is 14.8 Å². The number of para-hydroxylation sites is 2. The van der Waals surface area contributed by atoms with Gasteiger partial charge in [-0.2, -0.15) is 13.2 Å². The third-order valence-electron chi connectivity index (χ3n) is 4.23. The van der Waals surface area contributed by atoms with Crippen LogP contribution in [0.4, 0.5) is 24.5 Å². The molecule has 10 heteroatoms. The summed E-state index contributed by atoms with van der Waals surface area (Å²) in [6.07, 6.45) is -3.07. The number of anilines is 2. The van der Waals surface area contributed by atoms with Crippen molar-refractivity contribution in [3.63, 3.8) is 0 Å². The third-order valence-corrected chi connectivity index (χ3v) is 4.50. The largest absolute Gasteiger partial charge is 0.417 e. The predicted octanol–water partition coefficient (Wildman–Crippen LogP) is 3.29. The number of hydrogen-bond donors (Lipinski definition) is 1. The van der Waals surface area contributed by atoms with E-state index < -0.39 is 34.8 Å². The molecule has 6 nitrogen and oxygen atoms in total. The maximum absolute atomic E-state index is 12.9.